The van der Waals surface area contributed by atoms with Crippen LogP contribution < -0.4 is 10.6 Å². The fraction of sp³-hybridized carbons (Fsp3) is 1.00. The molecular weight excluding hydrogens is 965 g/mol. The van der Waals surface area contributed by atoms with Gasteiger partial charge in [0, 0.05) is 0 Å². The molecule has 0 radical (unpaired) electrons. The van der Waals surface area contributed by atoms with Crippen molar-refractivity contribution in [2.75, 3.05) is 26.2 Å². The maximum absolute atomic E-state index is 3.69. The van der Waals surface area contributed by atoms with Crippen molar-refractivity contribution in [3.8, 4) is 0 Å². The first-order valence-corrected chi connectivity index (χ1v) is 39.2. The Labute approximate surface area is 511 Å². The predicted molar refractivity (Wildman–Crippen MR) is 372 cm³/mol. The molecule has 0 aliphatic heterocycles. The van der Waals surface area contributed by atoms with Crippen molar-refractivity contribution in [3.05, 3.63) is 0 Å². The first-order valence-electron chi connectivity index (χ1n) is 39.2. The lowest BCUT2D eigenvalue weighted by Crippen LogP contribution is -2.16. The molecule has 0 spiro atoms. The van der Waals surface area contributed by atoms with Gasteiger partial charge in [-0.25, -0.2) is 0 Å². The normalized spacial score (nSPS) is 11.6. The molecule has 2 nitrogen and oxygen atoms in total. The van der Waals surface area contributed by atoms with Gasteiger partial charge in [-0.2, -0.15) is 0 Å². The molecule has 2 heteroatoms. The van der Waals surface area contributed by atoms with Crippen LogP contribution in [-0.4, -0.2) is 26.2 Å². The van der Waals surface area contributed by atoms with Gasteiger partial charge >= 0.3 is 0 Å². The summed E-state index contributed by atoms with van der Waals surface area (Å²) in [6.07, 6.45) is 102. The lowest BCUT2D eigenvalue weighted by Gasteiger charge is -2.06. The van der Waals surface area contributed by atoms with E-state index in [0.29, 0.717) is 0 Å². The highest BCUT2D eigenvalue weighted by Gasteiger charge is 2.01. The van der Waals surface area contributed by atoms with Gasteiger partial charge in [-0.05, 0) is 51.9 Å². The van der Waals surface area contributed by atoms with E-state index in [-0.39, 0.29) is 0 Å². The molecule has 0 aliphatic rings. The summed E-state index contributed by atoms with van der Waals surface area (Å²) in [5, 5.41) is 7.38. The summed E-state index contributed by atoms with van der Waals surface area (Å²) in [5.74, 6) is 0. The fourth-order valence-corrected chi connectivity index (χ4v) is 12.5. The molecule has 0 saturated carbocycles. The molecule has 0 atom stereocenters. The number of unbranched alkanes of at least 4 members (excludes halogenated alkanes) is 66. The molecular formula is C78H162N2. The van der Waals surface area contributed by atoms with Crippen LogP contribution >= 0.6 is 0 Å². The average molecular weight is 1130 g/mol. The number of hydrogen-bond acceptors (Lipinski definition) is 2. The largest absolute Gasteiger partial charge is 0.317 e. The summed E-state index contributed by atoms with van der Waals surface area (Å²) in [7, 11) is 0. The topological polar surface area (TPSA) is 24.1 Å². The maximum atomic E-state index is 3.69. The lowest BCUT2D eigenvalue weighted by molar-refractivity contribution is 0.514. The van der Waals surface area contributed by atoms with E-state index in [4.69, 9.17) is 0 Å². The van der Waals surface area contributed by atoms with Crippen molar-refractivity contribution in [1.29, 1.82) is 0 Å². The van der Waals surface area contributed by atoms with Crippen LogP contribution in [-0.2, 0) is 0 Å². The molecule has 0 unspecified atom stereocenters. The summed E-state index contributed by atoms with van der Waals surface area (Å²) in [6.45, 7) is 14.2. The molecule has 0 fully saturated rings. The highest BCUT2D eigenvalue weighted by Crippen LogP contribution is 2.19. The van der Waals surface area contributed by atoms with Gasteiger partial charge in [0.1, 0.15) is 0 Å². The number of nitrogens with one attached hydrogen (secondary N) is 2. The molecule has 2 N–H and O–H groups in total. The molecule has 0 aliphatic carbocycles. The van der Waals surface area contributed by atoms with E-state index in [9.17, 15) is 0 Å². The molecule has 0 aromatic rings. The van der Waals surface area contributed by atoms with E-state index in [1.54, 1.807) is 0 Å². The Balaban J connectivity index is 0. The molecule has 484 valence electrons. The SMILES string of the molecule is CCCCCCCCCCCCCCCCCCCCNCCCCCCCCCCCCCCCCCCCC.CCCCCCCCCCCCCCCCCCCNCCCCCCCCCCCCCCCCCCC. The van der Waals surface area contributed by atoms with E-state index >= 15 is 0 Å². The first-order chi connectivity index (χ1) is 39.8. The number of hydrogen-bond donors (Lipinski definition) is 2. The van der Waals surface area contributed by atoms with Crippen molar-refractivity contribution in [2.24, 2.45) is 0 Å². The van der Waals surface area contributed by atoms with Crippen molar-refractivity contribution >= 4 is 0 Å². The third-order valence-electron chi connectivity index (χ3n) is 18.3. The Morgan fingerprint density at radius 3 is 0.263 bits per heavy atom. The third-order valence-corrected chi connectivity index (χ3v) is 18.3. The van der Waals surface area contributed by atoms with Gasteiger partial charge in [-0.15, -0.1) is 0 Å². The minimum Gasteiger partial charge on any atom is -0.317 e. The molecule has 0 saturated heterocycles. The van der Waals surface area contributed by atoms with E-state index in [0.717, 1.165) is 0 Å². The van der Waals surface area contributed by atoms with E-state index in [1.165, 1.54) is 476 Å². The average Bonchev–Trinajstić information content (AvgIpc) is 3.47. The van der Waals surface area contributed by atoms with Crippen LogP contribution in [0.1, 0.15) is 477 Å². The molecule has 0 amide bonds. The van der Waals surface area contributed by atoms with Gasteiger partial charge in [0.05, 0.1) is 0 Å². The smallest absolute Gasteiger partial charge is 0.00489 e. The van der Waals surface area contributed by atoms with Crippen LogP contribution in [0.2, 0.25) is 0 Å². The zero-order valence-electron chi connectivity index (χ0n) is 57.3. The second-order valence-electron chi connectivity index (χ2n) is 26.8. The minimum atomic E-state index is 1.25. The molecule has 0 aromatic carbocycles. The quantitative estimate of drug-likeness (QED) is 0.0593. The Morgan fingerprint density at radius 1 is 0.100 bits per heavy atom. The van der Waals surface area contributed by atoms with Crippen molar-refractivity contribution < 1.29 is 0 Å². The zero-order valence-corrected chi connectivity index (χ0v) is 57.3. The lowest BCUT2D eigenvalue weighted by atomic mass is 10.0. The monoisotopic (exact) mass is 1130 g/mol. The Bertz CT molecular complexity index is 889. The van der Waals surface area contributed by atoms with Crippen LogP contribution in [0, 0.1) is 0 Å². The van der Waals surface area contributed by atoms with Crippen molar-refractivity contribution in [3.63, 3.8) is 0 Å². The highest BCUT2D eigenvalue weighted by atomic mass is 14.8. The third kappa shape index (κ3) is 84.4. The molecule has 0 bridgehead atoms. The highest BCUT2D eigenvalue weighted by molar-refractivity contribution is 4.58. The summed E-state index contributed by atoms with van der Waals surface area (Å²) < 4.78 is 0. The summed E-state index contributed by atoms with van der Waals surface area (Å²) >= 11 is 0. The van der Waals surface area contributed by atoms with Crippen LogP contribution in [0.5, 0.6) is 0 Å². The number of rotatable bonds is 74. The molecule has 0 aromatic heterocycles. The maximum Gasteiger partial charge on any atom is -0.00489 e. The van der Waals surface area contributed by atoms with Gasteiger partial charge in [0.15, 0.2) is 0 Å². The van der Waals surface area contributed by atoms with Gasteiger partial charge in [0.2, 0.25) is 0 Å². The van der Waals surface area contributed by atoms with Gasteiger partial charge in [-0.1, -0.05) is 451 Å². The standard InChI is InChI=1S/C40H83N.C38H79N/c1-3-5-7-9-11-13-15-17-19-21-23-25-27-29-31-33-35-37-39-41-40-38-36-34-32-30-28-26-24-22-20-18-16-14-12-10-8-6-4-2;1-3-5-7-9-11-13-15-17-19-21-23-25-27-29-31-33-35-37-39-38-36-34-32-30-28-26-24-22-20-18-16-14-12-10-8-6-4-2/h41H,3-40H2,1-2H3;39H,3-38H2,1-2H3. The molecule has 0 rings (SSSR count). The first kappa shape index (κ1) is 82.0. The van der Waals surface area contributed by atoms with Crippen molar-refractivity contribution in [1.82, 2.24) is 10.6 Å². The van der Waals surface area contributed by atoms with E-state index in [2.05, 4.69) is 38.3 Å². The zero-order chi connectivity index (χ0) is 57.7. The Kier molecular flexibility index (Phi) is 85.2. The summed E-state index contributed by atoms with van der Waals surface area (Å²) in [5.41, 5.74) is 0. The van der Waals surface area contributed by atoms with E-state index in [1.807, 2.05) is 0 Å². The Morgan fingerprint density at radius 2 is 0.175 bits per heavy atom. The summed E-state index contributed by atoms with van der Waals surface area (Å²) in [6, 6.07) is 0. The second kappa shape index (κ2) is 83.1. The predicted octanol–water partition coefficient (Wildman–Crippen LogP) is 28.5. The Hall–Kier alpha value is -0.0800. The molecule has 80 heavy (non-hydrogen) atoms. The summed E-state index contributed by atoms with van der Waals surface area (Å²) in [4.78, 5) is 0. The van der Waals surface area contributed by atoms with Gasteiger partial charge < -0.3 is 10.6 Å². The van der Waals surface area contributed by atoms with Crippen LogP contribution in [0.3, 0.4) is 0 Å². The van der Waals surface area contributed by atoms with Gasteiger partial charge in [0.25, 0.3) is 0 Å². The van der Waals surface area contributed by atoms with Gasteiger partial charge in [-0.3, -0.25) is 0 Å². The van der Waals surface area contributed by atoms with Crippen LogP contribution in [0.15, 0.2) is 0 Å². The van der Waals surface area contributed by atoms with Crippen molar-refractivity contribution in [2.45, 2.75) is 477 Å². The minimum absolute atomic E-state index is 1.25. The van der Waals surface area contributed by atoms with E-state index < -0.39 is 0 Å². The van der Waals surface area contributed by atoms with Crippen LogP contribution in [0.4, 0.5) is 0 Å². The fourth-order valence-electron chi connectivity index (χ4n) is 12.5. The second-order valence-corrected chi connectivity index (χ2v) is 26.8. The van der Waals surface area contributed by atoms with Crippen LogP contribution in [0.25, 0.3) is 0 Å². The molecule has 0 heterocycles.